The summed E-state index contributed by atoms with van der Waals surface area (Å²) in [4.78, 5) is 2.23. The first-order valence-electron chi connectivity index (χ1n) is 13.8. The van der Waals surface area contributed by atoms with E-state index in [0.29, 0.717) is 18.5 Å². The van der Waals surface area contributed by atoms with E-state index in [1.54, 1.807) is 6.92 Å². The van der Waals surface area contributed by atoms with Crippen LogP contribution in [0.1, 0.15) is 54.9 Å². The maximum Gasteiger partial charge on any atom is 0.165 e. The highest BCUT2D eigenvalue weighted by Crippen LogP contribution is 2.42. The molecule has 1 aliphatic heterocycles. The summed E-state index contributed by atoms with van der Waals surface area (Å²) in [7, 11) is 0. The number of nitrogens with zero attached hydrogens (tertiary/aromatic N) is 1. The van der Waals surface area contributed by atoms with Gasteiger partial charge in [-0.05, 0) is 97.2 Å². The lowest BCUT2D eigenvalue weighted by Gasteiger charge is -2.19. The van der Waals surface area contributed by atoms with Gasteiger partial charge in [-0.2, -0.15) is 0 Å². The number of ether oxygens (including phenoxy) is 2. The average Bonchev–Trinajstić information content (AvgIpc) is 3.29. The number of anilines is 1. The first-order valence-corrected chi connectivity index (χ1v) is 13.8. The number of halogens is 3. The molecule has 5 rings (SSSR count). The maximum absolute atomic E-state index is 15.5. The van der Waals surface area contributed by atoms with Gasteiger partial charge >= 0.3 is 0 Å². The Morgan fingerprint density at radius 3 is 2.56 bits per heavy atom. The Morgan fingerprint density at radius 2 is 1.79 bits per heavy atom. The number of hydrogen-bond donors (Lipinski definition) is 1. The summed E-state index contributed by atoms with van der Waals surface area (Å²) in [5.74, 6) is -0.422. The summed E-state index contributed by atoms with van der Waals surface area (Å²) in [6.45, 7) is 4.13. The quantitative estimate of drug-likeness (QED) is 0.298. The highest BCUT2D eigenvalue weighted by atomic mass is 19.1. The lowest BCUT2D eigenvalue weighted by atomic mass is 9.87. The molecule has 206 valence electrons. The molecule has 3 aromatic carbocycles. The number of aryl methyl sites for hydroxylation is 1. The molecule has 3 aromatic rings. The van der Waals surface area contributed by atoms with E-state index in [9.17, 15) is 8.78 Å². The fraction of sp³-hybridized carbons (Fsp3) is 0.375. The Balaban J connectivity index is 1.51. The summed E-state index contributed by atoms with van der Waals surface area (Å²) in [5.41, 5.74) is 11.6. The van der Waals surface area contributed by atoms with Gasteiger partial charge in [0.05, 0.1) is 13.3 Å². The summed E-state index contributed by atoms with van der Waals surface area (Å²) >= 11 is 0. The van der Waals surface area contributed by atoms with Gasteiger partial charge in [-0.25, -0.2) is 8.78 Å². The molecule has 1 atom stereocenters. The second kappa shape index (κ2) is 12.2. The number of benzene rings is 3. The van der Waals surface area contributed by atoms with E-state index in [1.807, 2.05) is 42.5 Å². The van der Waals surface area contributed by atoms with Crippen LogP contribution in [0.5, 0.6) is 11.5 Å². The molecule has 1 unspecified atom stereocenters. The maximum atomic E-state index is 15.5. The van der Waals surface area contributed by atoms with E-state index in [0.717, 1.165) is 78.5 Å². The van der Waals surface area contributed by atoms with Crippen LogP contribution in [-0.2, 0) is 6.42 Å². The van der Waals surface area contributed by atoms with E-state index in [4.69, 9.17) is 15.2 Å². The van der Waals surface area contributed by atoms with Crippen LogP contribution in [0.15, 0.2) is 54.6 Å². The Labute approximate surface area is 228 Å². The van der Waals surface area contributed by atoms with Gasteiger partial charge in [-0.1, -0.05) is 18.2 Å². The molecule has 0 aromatic heterocycles. The number of hydrogen-bond acceptors (Lipinski definition) is 4. The van der Waals surface area contributed by atoms with Crippen molar-refractivity contribution in [2.24, 2.45) is 0 Å². The fourth-order valence-electron chi connectivity index (χ4n) is 5.70. The predicted molar refractivity (Wildman–Crippen MR) is 150 cm³/mol. The van der Waals surface area contributed by atoms with Crippen LogP contribution in [0, 0.1) is 11.6 Å². The van der Waals surface area contributed by atoms with Gasteiger partial charge in [0.15, 0.2) is 11.6 Å². The van der Waals surface area contributed by atoms with Crippen molar-refractivity contribution in [1.29, 1.82) is 0 Å². The van der Waals surface area contributed by atoms with Crippen LogP contribution < -0.4 is 15.2 Å². The monoisotopic (exact) mass is 536 g/mol. The topological polar surface area (TPSA) is 47.7 Å². The summed E-state index contributed by atoms with van der Waals surface area (Å²) in [6, 6.07) is 16.0. The van der Waals surface area contributed by atoms with E-state index in [1.165, 1.54) is 6.07 Å². The molecule has 4 nitrogen and oxygen atoms in total. The van der Waals surface area contributed by atoms with Gasteiger partial charge in [0.2, 0.25) is 0 Å². The first kappa shape index (κ1) is 27.1. The minimum absolute atomic E-state index is 0.0627. The molecular formula is C32H35F3N2O2. The van der Waals surface area contributed by atoms with E-state index in [-0.39, 0.29) is 30.7 Å². The number of rotatable bonds is 9. The van der Waals surface area contributed by atoms with Gasteiger partial charge in [0, 0.05) is 37.0 Å². The SMILES string of the molecule is CCOc1cc(F)c(C2=C(c3ccc(OC4CCN(CCCF)C4)cc3)c3ccc(N)cc3CCC2)cc1F. The van der Waals surface area contributed by atoms with E-state index in [2.05, 4.69) is 4.90 Å². The van der Waals surface area contributed by atoms with Gasteiger partial charge < -0.3 is 15.2 Å². The zero-order chi connectivity index (χ0) is 27.4. The van der Waals surface area contributed by atoms with Crippen molar-refractivity contribution in [3.05, 3.63) is 88.5 Å². The highest BCUT2D eigenvalue weighted by Gasteiger charge is 2.25. The van der Waals surface area contributed by atoms with E-state index >= 15 is 4.39 Å². The molecule has 2 N–H and O–H groups in total. The van der Waals surface area contributed by atoms with Gasteiger partial charge in [-0.3, -0.25) is 9.29 Å². The van der Waals surface area contributed by atoms with Crippen LogP contribution in [0.25, 0.3) is 11.1 Å². The van der Waals surface area contributed by atoms with Crippen molar-refractivity contribution >= 4 is 16.8 Å². The number of alkyl halides is 1. The molecule has 0 saturated carbocycles. The van der Waals surface area contributed by atoms with Crippen LogP contribution >= 0.6 is 0 Å². The van der Waals surface area contributed by atoms with Gasteiger partial charge in [0.1, 0.15) is 17.7 Å². The third-order valence-electron chi connectivity index (χ3n) is 7.50. The second-order valence-electron chi connectivity index (χ2n) is 10.2. The molecule has 0 spiro atoms. The Hall–Kier alpha value is -3.45. The lowest BCUT2D eigenvalue weighted by molar-refractivity contribution is 0.198. The average molecular weight is 537 g/mol. The number of nitrogen functional groups attached to an aromatic ring is 1. The van der Waals surface area contributed by atoms with Crippen molar-refractivity contribution in [2.75, 3.05) is 38.6 Å². The van der Waals surface area contributed by atoms with E-state index < -0.39 is 11.6 Å². The molecule has 1 saturated heterocycles. The minimum Gasteiger partial charge on any atom is -0.491 e. The molecule has 39 heavy (non-hydrogen) atoms. The number of likely N-dealkylation sites (tertiary alicyclic amines) is 1. The third kappa shape index (κ3) is 6.09. The van der Waals surface area contributed by atoms with Crippen molar-refractivity contribution in [3.8, 4) is 11.5 Å². The van der Waals surface area contributed by atoms with Crippen LogP contribution in [0.4, 0.5) is 18.9 Å². The van der Waals surface area contributed by atoms with Gasteiger partial charge in [0.25, 0.3) is 0 Å². The number of fused-ring (bicyclic) bond motifs is 1. The largest absolute Gasteiger partial charge is 0.491 e. The standard InChI is InChI=1S/C32H35F3N2O2/c1-2-38-31-19-29(34)28(18-30(31)35)27-6-3-5-22-17-23(36)9-12-26(22)32(27)21-7-10-24(11-8-21)39-25-13-16-37(20-25)15-4-14-33/h7-12,17-19,25H,2-6,13-16,20,36H2,1H3. The van der Waals surface area contributed by atoms with Crippen LogP contribution in [-0.4, -0.2) is 43.9 Å². The predicted octanol–water partition coefficient (Wildman–Crippen LogP) is 7.05. The molecule has 2 aliphatic rings. The first-order chi connectivity index (χ1) is 19.0. The van der Waals surface area contributed by atoms with Gasteiger partial charge in [-0.15, -0.1) is 0 Å². The Bertz CT molecular complexity index is 1340. The second-order valence-corrected chi connectivity index (χ2v) is 10.2. The van der Waals surface area contributed by atoms with Crippen LogP contribution in [0.3, 0.4) is 0 Å². The number of allylic oxidation sites excluding steroid dienone is 1. The van der Waals surface area contributed by atoms with Crippen molar-refractivity contribution in [2.45, 2.75) is 45.1 Å². The molecular weight excluding hydrogens is 501 g/mol. The molecule has 0 amide bonds. The zero-order valence-corrected chi connectivity index (χ0v) is 22.3. The summed E-state index contributed by atoms with van der Waals surface area (Å²) in [5, 5.41) is 0. The van der Waals surface area contributed by atoms with Crippen molar-refractivity contribution in [3.63, 3.8) is 0 Å². The Morgan fingerprint density at radius 1 is 0.974 bits per heavy atom. The zero-order valence-electron chi connectivity index (χ0n) is 22.3. The van der Waals surface area contributed by atoms with Crippen LogP contribution in [0.2, 0.25) is 0 Å². The molecule has 0 bridgehead atoms. The smallest absolute Gasteiger partial charge is 0.165 e. The number of nitrogens with two attached hydrogens (primary N) is 1. The molecule has 1 heterocycles. The molecule has 0 radical (unpaired) electrons. The minimum atomic E-state index is -0.581. The lowest BCUT2D eigenvalue weighted by Crippen LogP contribution is -2.26. The van der Waals surface area contributed by atoms with Crippen molar-refractivity contribution < 1.29 is 22.6 Å². The summed E-state index contributed by atoms with van der Waals surface area (Å²) in [6.07, 6.45) is 3.67. The van der Waals surface area contributed by atoms with Crippen molar-refractivity contribution in [1.82, 2.24) is 4.90 Å². The molecule has 1 fully saturated rings. The summed E-state index contributed by atoms with van der Waals surface area (Å²) < 4.78 is 54.4. The third-order valence-corrected chi connectivity index (χ3v) is 7.50. The fourth-order valence-corrected chi connectivity index (χ4v) is 5.70. The normalized spacial score (nSPS) is 17.7. The molecule has 7 heteroatoms. The highest BCUT2D eigenvalue weighted by molar-refractivity contribution is 6.00. The Kier molecular flexibility index (Phi) is 8.46. The molecule has 1 aliphatic carbocycles.